The molecule has 0 aromatic heterocycles. The number of hydrogen-bond acceptors (Lipinski definition) is 6. The number of carbonyl (C=O) groups excluding carboxylic acids is 4. The van der Waals surface area contributed by atoms with Crippen LogP contribution >= 0.6 is 0 Å². The van der Waals surface area contributed by atoms with Crippen LogP contribution in [0.25, 0.3) is 0 Å². The molecule has 0 bridgehead atoms. The highest BCUT2D eigenvalue weighted by atomic mass is 19.1. The quantitative estimate of drug-likeness (QED) is 0.635. The van der Waals surface area contributed by atoms with Crippen LogP contribution in [0.2, 0.25) is 0 Å². The predicted molar refractivity (Wildman–Crippen MR) is 86.0 cm³/mol. The molecule has 0 spiro atoms. The second-order valence-electron chi connectivity index (χ2n) is 5.97. The van der Waals surface area contributed by atoms with Crippen LogP contribution in [0.1, 0.15) is 40.5 Å². The summed E-state index contributed by atoms with van der Waals surface area (Å²) >= 11 is 0. The van der Waals surface area contributed by atoms with Gasteiger partial charge in [0.15, 0.2) is 0 Å². The summed E-state index contributed by atoms with van der Waals surface area (Å²) in [6.07, 6.45) is 0.251. The fraction of sp³-hybridized carbons (Fsp3) is 0.353. The lowest BCUT2D eigenvalue weighted by atomic mass is 10.0. The molecule has 3 rings (SSSR count). The number of nitrogens with zero attached hydrogens (tertiary/aromatic N) is 2. The molecule has 26 heavy (non-hydrogen) atoms. The van der Waals surface area contributed by atoms with E-state index in [2.05, 4.69) is 0 Å². The van der Waals surface area contributed by atoms with E-state index in [9.17, 15) is 23.6 Å². The SMILES string of the molecule is CC(=O)OCCN1C(=N)CCC(N2C(=O)c3cccc(F)c3C2=O)C1=O. The molecule has 1 saturated heterocycles. The average Bonchev–Trinajstić information content (AvgIpc) is 2.83. The number of fused-ring (bicyclic) bond motifs is 1. The van der Waals surface area contributed by atoms with Crippen LogP contribution in [0.3, 0.4) is 0 Å². The third-order valence-corrected chi connectivity index (χ3v) is 4.36. The molecule has 1 aromatic rings. The minimum Gasteiger partial charge on any atom is -0.464 e. The van der Waals surface area contributed by atoms with E-state index in [1.165, 1.54) is 19.1 Å². The fourth-order valence-electron chi connectivity index (χ4n) is 3.16. The van der Waals surface area contributed by atoms with E-state index in [4.69, 9.17) is 10.1 Å². The molecule has 9 heteroatoms. The highest BCUT2D eigenvalue weighted by Gasteiger charge is 2.47. The Kier molecular flexibility index (Phi) is 4.54. The van der Waals surface area contributed by atoms with Gasteiger partial charge in [-0.15, -0.1) is 0 Å². The Labute approximate surface area is 148 Å². The molecule has 1 aromatic carbocycles. The second-order valence-corrected chi connectivity index (χ2v) is 5.97. The highest BCUT2D eigenvalue weighted by Crippen LogP contribution is 2.30. The molecule has 3 amide bonds. The molecule has 0 aliphatic carbocycles. The minimum atomic E-state index is -1.12. The number of ether oxygens (including phenoxy) is 1. The maximum Gasteiger partial charge on any atom is 0.302 e. The van der Waals surface area contributed by atoms with Crippen LogP contribution in [-0.2, 0) is 14.3 Å². The third kappa shape index (κ3) is 2.85. The summed E-state index contributed by atoms with van der Waals surface area (Å²) in [7, 11) is 0. The Bertz CT molecular complexity index is 838. The third-order valence-electron chi connectivity index (χ3n) is 4.36. The number of esters is 1. The van der Waals surface area contributed by atoms with Gasteiger partial charge in [-0.1, -0.05) is 6.07 Å². The van der Waals surface area contributed by atoms with Crippen molar-refractivity contribution in [3.8, 4) is 0 Å². The molecule has 0 radical (unpaired) electrons. The average molecular weight is 361 g/mol. The number of imide groups is 1. The van der Waals surface area contributed by atoms with Crippen molar-refractivity contribution in [2.24, 2.45) is 0 Å². The lowest BCUT2D eigenvalue weighted by Gasteiger charge is -2.35. The van der Waals surface area contributed by atoms with Crippen LogP contribution in [-0.4, -0.2) is 58.5 Å². The van der Waals surface area contributed by atoms with Crippen LogP contribution in [0.5, 0.6) is 0 Å². The van der Waals surface area contributed by atoms with Gasteiger partial charge in [0, 0.05) is 13.3 Å². The summed E-state index contributed by atoms with van der Waals surface area (Å²) in [5.41, 5.74) is -0.410. The largest absolute Gasteiger partial charge is 0.464 e. The molecule has 8 nitrogen and oxygen atoms in total. The van der Waals surface area contributed by atoms with Gasteiger partial charge >= 0.3 is 5.97 Å². The summed E-state index contributed by atoms with van der Waals surface area (Å²) in [5.74, 6) is -3.52. The van der Waals surface area contributed by atoms with Crippen molar-refractivity contribution >= 4 is 29.5 Å². The van der Waals surface area contributed by atoms with Gasteiger partial charge in [-0.3, -0.25) is 34.4 Å². The first kappa shape index (κ1) is 17.7. The first-order valence-corrected chi connectivity index (χ1v) is 8.01. The molecule has 2 heterocycles. The van der Waals surface area contributed by atoms with E-state index in [0.29, 0.717) is 0 Å². The number of halogens is 1. The number of piperidine rings is 1. The molecule has 1 fully saturated rings. The van der Waals surface area contributed by atoms with Crippen LogP contribution < -0.4 is 0 Å². The van der Waals surface area contributed by atoms with Gasteiger partial charge in [-0.05, 0) is 18.6 Å². The van der Waals surface area contributed by atoms with Crippen LogP contribution in [0.15, 0.2) is 18.2 Å². The molecule has 2 aliphatic heterocycles. The van der Waals surface area contributed by atoms with Crippen molar-refractivity contribution in [3.63, 3.8) is 0 Å². The Balaban J connectivity index is 1.83. The standard InChI is InChI=1S/C17H16FN3O5/c1-9(22)26-8-7-20-13(19)6-5-12(16(20)24)21-15(23)10-3-2-4-11(18)14(10)17(21)25/h2-4,12,19H,5-8H2,1H3. The number of nitrogens with one attached hydrogen (secondary N) is 1. The Morgan fingerprint density at radius 2 is 2.04 bits per heavy atom. The van der Waals surface area contributed by atoms with Gasteiger partial charge in [0.2, 0.25) is 0 Å². The first-order valence-electron chi connectivity index (χ1n) is 8.01. The topological polar surface area (TPSA) is 108 Å². The zero-order valence-corrected chi connectivity index (χ0v) is 14.0. The molecule has 0 saturated carbocycles. The molecule has 136 valence electrons. The summed E-state index contributed by atoms with van der Waals surface area (Å²) < 4.78 is 18.7. The van der Waals surface area contributed by atoms with Crippen molar-refractivity contribution < 1.29 is 28.3 Å². The molecule has 1 N–H and O–H groups in total. The van der Waals surface area contributed by atoms with Crippen molar-refractivity contribution in [2.45, 2.75) is 25.8 Å². The summed E-state index contributed by atoms with van der Waals surface area (Å²) in [5, 5.41) is 7.90. The van der Waals surface area contributed by atoms with Crippen molar-refractivity contribution in [1.82, 2.24) is 9.80 Å². The maximum atomic E-state index is 14.0. The van der Waals surface area contributed by atoms with Crippen molar-refractivity contribution in [2.75, 3.05) is 13.2 Å². The molecular formula is C17H16FN3O5. The zero-order valence-electron chi connectivity index (χ0n) is 14.0. The second kappa shape index (κ2) is 6.66. The molecule has 1 unspecified atom stereocenters. The number of amides is 3. The van der Waals surface area contributed by atoms with E-state index in [0.717, 1.165) is 15.9 Å². The minimum absolute atomic E-state index is 0.0150. The normalized spacial score (nSPS) is 19.8. The number of amidine groups is 1. The smallest absolute Gasteiger partial charge is 0.302 e. The summed E-state index contributed by atoms with van der Waals surface area (Å²) in [6, 6.07) is 2.63. The van der Waals surface area contributed by atoms with Crippen LogP contribution in [0.4, 0.5) is 4.39 Å². The van der Waals surface area contributed by atoms with E-state index < -0.39 is 35.5 Å². The molecule has 1 atom stereocenters. The Morgan fingerprint density at radius 3 is 2.69 bits per heavy atom. The summed E-state index contributed by atoms with van der Waals surface area (Å²) in [4.78, 5) is 50.5. The van der Waals surface area contributed by atoms with E-state index in [1.54, 1.807) is 0 Å². The molecular weight excluding hydrogens is 345 g/mol. The van der Waals surface area contributed by atoms with Gasteiger partial charge in [0.1, 0.15) is 24.3 Å². The molecule has 2 aliphatic rings. The number of hydrogen-bond donors (Lipinski definition) is 1. The van der Waals surface area contributed by atoms with E-state index in [-0.39, 0.29) is 43.0 Å². The lowest BCUT2D eigenvalue weighted by Crippen LogP contribution is -2.56. The highest BCUT2D eigenvalue weighted by molar-refractivity contribution is 6.23. The Morgan fingerprint density at radius 1 is 1.31 bits per heavy atom. The van der Waals surface area contributed by atoms with Gasteiger partial charge in [-0.25, -0.2) is 4.39 Å². The first-order chi connectivity index (χ1) is 12.3. The fourth-order valence-corrected chi connectivity index (χ4v) is 3.16. The monoisotopic (exact) mass is 361 g/mol. The Hall–Kier alpha value is -3.10. The predicted octanol–water partition coefficient (Wildman–Crippen LogP) is 0.953. The zero-order chi connectivity index (χ0) is 19.0. The lowest BCUT2D eigenvalue weighted by molar-refractivity contribution is -0.143. The maximum absolute atomic E-state index is 14.0. The van der Waals surface area contributed by atoms with Crippen molar-refractivity contribution in [3.05, 3.63) is 35.1 Å². The number of carbonyl (C=O) groups is 4. The van der Waals surface area contributed by atoms with Crippen molar-refractivity contribution in [1.29, 1.82) is 5.41 Å². The van der Waals surface area contributed by atoms with Gasteiger partial charge < -0.3 is 4.74 Å². The van der Waals surface area contributed by atoms with Gasteiger partial charge in [0.25, 0.3) is 17.7 Å². The van der Waals surface area contributed by atoms with E-state index >= 15 is 0 Å². The van der Waals surface area contributed by atoms with E-state index in [1.807, 2.05) is 0 Å². The van der Waals surface area contributed by atoms with Gasteiger partial charge in [0.05, 0.1) is 17.7 Å². The number of rotatable bonds is 4. The summed E-state index contributed by atoms with van der Waals surface area (Å²) in [6.45, 7) is 1.07. The number of benzene rings is 1. The number of likely N-dealkylation sites (tertiary alicyclic amines) is 1. The van der Waals surface area contributed by atoms with Gasteiger partial charge in [-0.2, -0.15) is 0 Å². The van der Waals surface area contributed by atoms with Crippen LogP contribution in [0, 0.1) is 11.2 Å².